The molecule has 2 aromatic heterocycles. The van der Waals surface area contributed by atoms with E-state index in [2.05, 4.69) is 31.5 Å². The minimum Gasteiger partial charge on any atom is -0.368 e. The smallest absolute Gasteiger partial charge is 0.248 e. The summed E-state index contributed by atoms with van der Waals surface area (Å²) in [6, 6.07) is 11.5. The van der Waals surface area contributed by atoms with Crippen molar-refractivity contribution in [2.45, 2.75) is 26.1 Å². The van der Waals surface area contributed by atoms with Gasteiger partial charge in [0.1, 0.15) is 11.3 Å². The second-order valence-electron chi connectivity index (χ2n) is 8.55. The number of hydrogen-bond donors (Lipinski definition) is 1. The van der Waals surface area contributed by atoms with Gasteiger partial charge in [0.15, 0.2) is 0 Å². The zero-order chi connectivity index (χ0) is 21.3. The Balaban J connectivity index is 1.50. The molecule has 3 heterocycles. The van der Waals surface area contributed by atoms with E-state index in [1.807, 2.05) is 24.5 Å². The number of halogens is 1. The van der Waals surface area contributed by atoms with E-state index in [1.54, 1.807) is 26.0 Å². The van der Waals surface area contributed by atoms with Crippen LogP contribution in [0.5, 0.6) is 0 Å². The molecule has 1 aliphatic heterocycles. The number of fused-ring (bicyclic) bond motifs is 1. The largest absolute Gasteiger partial charge is 0.368 e. The molecule has 0 unspecified atom stereocenters. The molecule has 0 bridgehead atoms. The molecule has 1 fully saturated rings. The Morgan fingerprint density at radius 3 is 2.43 bits per heavy atom. The van der Waals surface area contributed by atoms with Gasteiger partial charge >= 0.3 is 0 Å². The number of nitrogens with zero attached hydrogens (tertiary/aromatic N) is 4. The molecule has 6 nitrogen and oxygen atoms in total. The van der Waals surface area contributed by atoms with E-state index in [9.17, 15) is 9.18 Å². The van der Waals surface area contributed by atoms with Crippen LogP contribution in [-0.2, 0) is 6.54 Å². The monoisotopic (exact) mass is 409 g/mol. The van der Waals surface area contributed by atoms with E-state index >= 15 is 0 Å². The molecule has 1 aliphatic rings. The van der Waals surface area contributed by atoms with Gasteiger partial charge in [-0.3, -0.25) is 9.69 Å². The SMILES string of the molecule is CC(C)(F)CN1CCN(c2ccnc3c2ccn3Cc2ccc(C(N)=O)cc2)CC1. The van der Waals surface area contributed by atoms with Crippen LogP contribution in [0.4, 0.5) is 10.1 Å². The predicted octanol–water partition coefficient (Wildman–Crippen LogP) is 3.05. The molecule has 0 aliphatic carbocycles. The topological polar surface area (TPSA) is 67.4 Å². The molecule has 2 N–H and O–H groups in total. The molecule has 7 heteroatoms. The molecule has 1 amide bonds. The fourth-order valence-corrected chi connectivity index (χ4v) is 4.13. The standard InChI is InChI=1S/C23H28FN5O/c1-23(2,24)16-27-11-13-28(14-12-27)20-7-9-26-22-19(20)8-10-29(22)15-17-3-5-18(6-4-17)21(25)30/h3-10H,11-16H2,1-2H3,(H2,25,30). The van der Waals surface area contributed by atoms with E-state index in [0.29, 0.717) is 18.7 Å². The highest BCUT2D eigenvalue weighted by Gasteiger charge is 2.25. The molecular formula is C23H28FN5O. The summed E-state index contributed by atoms with van der Waals surface area (Å²) >= 11 is 0. The van der Waals surface area contributed by atoms with E-state index in [0.717, 1.165) is 42.8 Å². The number of primary amides is 1. The number of anilines is 1. The Bertz CT molecular complexity index is 1030. The predicted molar refractivity (Wildman–Crippen MR) is 118 cm³/mol. The molecular weight excluding hydrogens is 381 g/mol. The van der Waals surface area contributed by atoms with Gasteiger partial charge in [-0.25, -0.2) is 9.37 Å². The molecule has 3 aromatic rings. The van der Waals surface area contributed by atoms with Gasteiger partial charge in [-0.05, 0) is 43.7 Å². The lowest BCUT2D eigenvalue weighted by atomic mass is 10.1. The van der Waals surface area contributed by atoms with Crippen LogP contribution < -0.4 is 10.6 Å². The van der Waals surface area contributed by atoms with Gasteiger partial charge in [0, 0.05) is 68.3 Å². The first-order chi connectivity index (χ1) is 14.3. The molecule has 0 spiro atoms. The van der Waals surface area contributed by atoms with Gasteiger partial charge in [0.05, 0.1) is 0 Å². The summed E-state index contributed by atoms with van der Waals surface area (Å²) in [6.07, 6.45) is 3.90. The maximum Gasteiger partial charge on any atom is 0.248 e. The van der Waals surface area contributed by atoms with Gasteiger partial charge < -0.3 is 15.2 Å². The Labute approximate surface area is 176 Å². The van der Waals surface area contributed by atoms with Gasteiger partial charge in [-0.1, -0.05) is 12.1 Å². The van der Waals surface area contributed by atoms with Crippen LogP contribution in [0.15, 0.2) is 48.8 Å². The minimum atomic E-state index is -1.17. The molecule has 1 saturated heterocycles. The van der Waals surface area contributed by atoms with Crippen molar-refractivity contribution < 1.29 is 9.18 Å². The highest BCUT2D eigenvalue weighted by molar-refractivity contribution is 5.92. The lowest BCUT2D eigenvalue weighted by molar-refractivity contribution is 0.1000. The van der Waals surface area contributed by atoms with E-state index < -0.39 is 11.6 Å². The Morgan fingerprint density at radius 2 is 1.80 bits per heavy atom. The van der Waals surface area contributed by atoms with Gasteiger partial charge in [0.25, 0.3) is 0 Å². The van der Waals surface area contributed by atoms with Gasteiger partial charge in [0.2, 0.25) is 5.91 Å². The molecule has 0 saturated carbocycles. The number of amides is 1. The summed E-state index contributed by atoms with van der Waals surface area (Å²) in [5.74, 6) is -0.422. The molecule has 0 atom stereocenters. The first kappa shape index (κ1) is 20.3. The van der Waals surface area contributed by atoms with Crippen molar-refractivity contribution in [3.63, 3.8) is 0 Å². The van der Waals surface area contributed by atoms with Crippen molar-refractivity contribution >= 4 is 22.6 Å². The lowest BCUT2D eigenvalue weighted by Crippen LogP contribution is -2.49. The van der Waals surface area contributed by atoms with E-state index in [1.165, 1.54) is 5.69 Å². The number of nitrogens with two attached hydrogens (primary N) is 1. The zero-order valence-corrected chi connectivity index (χ0v) is 17.5. The first-order valence-electron chi connectivity index (χ1n) is 10.3. The van der Waals surface area contributed by atoms with Crippen LogP contribution >= 0.6 is 0 Å². The number of rotatable bonds is 6. The highest BCUT2D eigenvalue weighted by Crippen LogP contribution is 2.28. The highest BCUT2D eigenvalue weighted by atomic mass is 19.1. The van der Waals surface area contributed by atoms with Crippen molar-refractivity contribution in [2.24, 2.45) is 5.73 Å². The van der Waals surface area contributed by atoms with E-state index in [4.69, 9.17) is 5.73 Å². The maximum absolute atomic E-state index is 14.0. The second-order valence-corrected chi connectivity index (χ2v) is 8.55. The van der Waals surface area contributed by atoms with Crippen LogP contribution in [0, 0.1) is 0 Å². The Kier molecular flexibility index (Phi) is 5.47. The number of hydrogen-bond acceptors (Lipinski definition) is 4. The average Bonchev–Trinajstić information content (AvgIpc) is 3.11. The Morgan fingerprint density at radius 1 is 1.10 bits per heavy atom. The fraction of sp³-hybridized carbons (Fsp3) is 0.391. The van der Waals surface area contributed by atoms with Crippen molar-refractivity contribution in [3.05, 3.63) is 59.9 Å². The summed E-state index contributed by atoms with van der Waals surface area (Å²) < 4.78 is 16.1. The average molecular weight is 410 g/mol. The lowest BCUT2D eigenvalue weighted by Gasteiger charge is -2.38. The maximum atomic E-state index is 14.0. The third kappa shape index (κ3) is 4.46. The summed E-state index contributed by atoms with van der Waals surface area (Å²) in [5, 5.41) is 1.12. The number of aromatic nitrogens is 2. The molecule has 4 rings (SSSR count). The summed E-state index contributed by atoms with van der Waals surface area (Å²) in [4.78, 5) is 20.4. The number of alkyl halides is 1. The summed E-state index contributed by atoms with van der Waals surface area (Å²) in [7, 11) is 0. The van der Waals surface area contributed by atoms with Crippen LogP contribution in [0.25, 0.3) is 11.0 Å². The number of carbonyl (C=O) groups is 1. The van der Waals surface area contributed by atoms with Crippen LogP contribution in [0.2, 0.25) is 0 Å². The quantitative estimate of drug-likeness (QED) is 0.680. The third-order valence-electron chi connectivity index (χ3n) is 5.54. The zero-order valence-electron chi connectivity index (χ0n) is 17.5. The van der Waals surface area contributed by atoms with Crippen LogP contribution in [0.3, 0.4) is 0 Å². The van der Waals surface area contributed by atoms with Gasteiger partial charge in [-0.15, -0.1) is 0 Å². The van der Waals surface area contributed by atoms with Crippen LogP contribution in [0.1, 0.15) is 29.8 Å². The molecule has 1 aromatic carbocycles. The fourth-order valence-electron chi connectivity index (χ4n) is 4.13. The molecule has 0 radical (unpaired) electrons. The van der Waals surface area contributed by atoms with Crippen molar-refractivity contribution in [1.29, 1.82) is 0 Å². The van der Waals surface area contributed by atoms with E-state index in [-0.39, 0.29) is 0 Å². The summed E-state index contributed by atoms with van der Waals surface area (Å²) in [6.45, 7) is 7.85. The van der Waals surface area contributed by atoms with Crippen molar-refractivity contribution in [3.8, 4) is 0 Å². The minimum absolute atomic E-state index is 0.422. The van der Waals surface area contributed by atoms with Gasteiger partial charge in [-0.2, -0.15) is 0 Å². The first-order valence-corrected chi connectivity index (χ1v) is 10.3. The molecule has 30 heavy (non-hydrogen) atoms. The number of piperazine rings is 1. The molecule has 158 valence electrons. The van der Waals surface area contributed by atoms with Crippen molar-refractivity contribution in [1.82, 2.24) is 14.5 Å². The number of pyridine rings is 1. The number of benzene rings is 1. The third-order valence-corrected chi connectivity index (χ3v) is 5.54. The normalized spacial score (nSPS) is 15.6. The number of carbonyl (C=O) groups excluding carboxylic acids is 1. The summed E-state index contributed by atoms with van der Waals surface area (Å²) in [5.41, 5.74) is 7.83. The van der Waals surface area contributed by atoms with Crippen molar-refractivity contribution in [2.75, 3.05) is 37.6 Å². The Hall–Kier alpha value is -2.93. The van der Waals surface area contributed by atoms with Crippen LogP contribution in [-0.4, -0.2) is 58.8 Å². The second kappa shape index (κ2) is 8.07.